The highest BCUT2D eigenvalue weighted by atomic mass is 35.5. The van der Waals surface area contributed by atoms with Gasteiger partial charge in [-0.2, -0.15) is 0 Å². The highest BCUT2D eigenvalue weighted by Crippen LogP contribution is 2.15. The first-order valence-corrected chi connectivity index (χ1v) is 8.40. The molecule has 1 aliphatic heterocycles. The number of carbonyl (C=O) groups excluding carboxylic acids is 1. The number of thiophene rings is 1. The second kappa shape index (κ2) is 7.37. The smallest absolute Gasteiger partial charge is 0.250 e. The molecule has 20 heavy (non-hydrogen) atoms. The van der Waals surface area contributed by atoms with Gasteiger partial charge >= 0.3 is 0 Å². The van der Waals surface area contributed by atoms with E-state index >= 15 is 0 Å². The summed E-state index contributed by atoms with van der Waals surface area (Å²) in [6, 6.07) is 3.28. The van der Waals surface area contributed by atoms with Crippen molar-refractivity contribution in [3.8, 4) is 0 Å². The summed E-state index contributed by atoms with van der Waals surface area (Å²) in [5.41, 5.74) is 0. The maximum Gasteiger partial charge on any atom is 0.250 e. The highest BCUT2D eigenvalue weighted by Gasteiger charge is 2.24. The maximum absolute atomic E-state index is 12.0. The first kappa shape index (κ1) is 17.4. The first-order chi connectivity index (χ1) is 9.00. The predicted molar refractivity (Wildman–Crippen MR) is 80.8 cm³/mol. The average molecular weight is 340 g/mol. The van der Waals surface area contributed by atoms with E-state index in [9.17, 15) is 13.2 Å². The van der Waals surface area contributed by atoms with Crippen molar-refractivity contribution in [3.63, 3.8) is 0 Å². The Morgan fingerprint density at radius 3 is 2.95 bits per heavy atom. The van der Waals surface area contributed by atoms with Crippen LogP contribution in [0.4, 0.5) is 0 Å². The standard InChI is InChI=1S/C11H17N3O3S2.ClH/c1-9-7-12-4-5-14(9)10(15)8-13-19(16,17)11-3-2-6-18-11;/h2-3,6,9,12-13H,4-5,7-8H2,1H3;1H/t9-;/m1./s1. The van der Waals surface area contributed by atoms with Gasteiger partial charge in [-0.25, -0.2) is 13.1 Å². The molecule has 114 valence electrons. The SMILES string of the molecule is C[C@@H]1CNCCN1C(=O)CNS(=O)(=O)c1cccs1.Cl. The molecule has 1 atom stereocenters. The molecule has 0 saturated carbocycles. The molecule has 0 unspecified atom stereocenters. The summed E-state index contributed by atoms with van der Waals surface area (Å²) in [5.74, 6) is -0.186. The lowest BCUT2D eigenvalue weighted by Gasteiger charge is -2.34. The van der Waals surface area contributed by atoms with Gasteiger partial charge in [-0.1, -0.05) is 6.07 Å². The Labute approximate surface area is 129 Å². The second-order valence-electron chi connectivity index (χ2n) is 4.40. The van der Waals surface area contributed by atoms with Gasteiger partial charge in [0.25, 0.3) is 10.0 Å². The summed E-state index contributed by atoms with van der Waals surface area (Å²) in [6.07, 6.45) is 0. The van der Waals surface area contributed by atoms with E-state index in [2.05, 4.69) is 10.0 Å². The van der Waals surface area contributed by atoms with Crippen molar-refractivity contribution >= 4 is 39.7 Å². The summed E-state index contributed by atoms with van der Waals surface area (Å²) < 4.78 is 26.3. The average Bonchev–Trinajstić information content (AvgIpc) is 2.91. The molecule has 2 heterocycles. The van der Waals surface area contributed by atoms with Gasteiger partial charge in [-0.3, -0.25) is 4.79 Å². The molecule has 1 aliphatic rings. The van der Waals surface area contributed by atoms with Crippen molar-refractivity contribution in [2.45, 2.75) is 17.2 Å². The summed E-state index contributed by atoms with van der Waals surface area (Å²) in [5, 5.41) is 4.87. The molecule has 1 aromatic heterocycles. The molecule has 9 heteroatoms. The molecule has 2 rings (SSSR count). The molecule has 1 saturated heterocycles. The Morgan fingerprint density at radius 2 is 2.35 bits per heavy atom. The summed E-state index contributed by atoms with van der Waals surface area (Å²) in [7, 11) is -3.56. The second-order valence-corrected chi connectivity index (χ2v) is 7.34. The van der Waals surface area contributed by atoms with Gasteiger partial charge in [-0.05, 0) is 18.4 Å². The first-order valence-electron chi connectivity index (χ1n) is 6.04. The molecular formula is C11H18ClN3O3S2. The van der Waals surface area contributed by atoms with Crippen molar-refractivity contribution in [1.82, 2.24) is 14.9 Å². The topological polar surface area (TPSA) is 78.5 Å². The maximum atomic E-state index is 12.0. The Bertz CT molecular complexity index is 533. The van der Waals surface area contributed by atoms with Crippen molar-refractivity contribution < 1.29 is 13.2 Å². The van der Waals surface area contributed by atoms with Gasteiger partial charge in [0.2, 0.25) is 5.91 Å². The van der Waals surface area contributed by atoms with Crippen LogP contribution in [0, 0.1) is 0 Å². The summed E-state index contributed by atoms with van der Waals surface area (Å²) >= 11 is 1.13. The molecule has 1 fully saturated rings. The van der Waals surface area contributed by atoms with E-state index < -0.39 is 10.0 Å². The number of carbonyl (C=O) groups is 1. The van der Waals surface area contributed by atoms with Gasteiger partial charge in [0, 0.05) is 25.7 Å². The Morgan fingerprint density at radius 1 is 1.60 bits per heavy atom. The van der Waals surface area contributed by atoms with Crippen LogP contribution in [0.3, 0.4) is 0 Å². The van der Waals surface area contributed by atoms with Gasteiger partial charge in [0.05, 0.1) is 6.54 Å². The molecule has 2 N–H and O–H groups in total. The van der Waals surface area contributed by atoms with E-state index in [-0.39, 0.29) is 35.1 Å². The van der Waals surface area contributed by atoms with E-state index in [1.165, 1.54) is 6.07 Å². The van der Waals surface area contributed by atoms with Gasteiger partial charge < -0.3 is 10.2 Å². The Balaban J connectivity index is 0.00000200. The lowest BCUT2D eigenvalue weighted by Crippen LogP contribution is -2.54. The number of nitrogens with zero attached hydrogens (tertiary/aromatic N) is 1. The lowest BCUT2D eigenvalue weighted by molar-refractivity contribution is -0.132. The van der Waals surface area contributed by atoms with E-state index in [1.807, 2.05) is 6.92 Å². The third kappa shape index (κ3) is 4.16. The van der Waals surface area contributed by atoms with E-state index in [1.54, 1.807) is 16.3 Å². The number of nitrogens with one attached hydrogen (secondary N) is 2. The van der Waals surface area contributed by atoms with Gasteiger partial charge in [0.15, 0.2) is 0 Å². The zero-order chi connectivity index (χ0) is 13.9. The molecular weight excluding hydrogens is 322 g/mol. The predicted octanol–water partition coefficient (Wildman–Crippen LogP) is 0.269. The highest BCUT2D eigenvalue weighted by molar-refractivity contribution is 7.91. The van der Waals surface area contributed by atoms with E-state index in [0.717, 1.165) is 24.4 Å². The molecule has 1 amide bonds. The largest absolute Gasteiger partial charge is 0.336 e. The van der Waals surface area contributed by atoms with Crippen LogP contribution >= 0.6 is 23.7 Å². The third-order valence-corrected chi connectivity index (χ3v) is 5.79. The summed E-state index contributed by atoms with van der Waals surface area (Å²) in [4.78, 5) is 13.7. The number of amides is 1. The van der Waals surface area contributed by atoms with Crippen LogP contribution in [0.2, 0.25) is 0 Å². The zero-order valence-electron chi connectivity index (χ0n) is 11.0. The van der Waals surface area contributed by atoms with Crippen molar-refractivity contribution in [1.29, 1.82) is 0 Å². The van der Waals surface area contributed by atoms with E-state index in [0.29, 0.717) is 6.54 Å². The van der Waals surface area contributed by atoms with Crippen LogP contribution in [0.5, 0.6) is 0 Å². The molecule has 0 spiro atoms. The molecule has 0 aliphatic carbocycles. The van der Waals surface area contributed by atoms with Crippen LogP contribution in [0.25, 0.3) is 0 Å². The van der Waals surface area contributed by atoms with Crippen LogP contribution in [0.15, 0.2) is 21.7 Å². The van der Waals surface area contributed by atoms with Crippen LogP contribution in [-0.2, 0) is 14.8 Å². The van der Waals surface area contributed by atoms with Crippen LogP contribution in [-0.4, -0.2) is 51.4 Å². The normalized spacial score (nSPS) is 19.4. The Kier molecular flexibility index (Phi) is 6.41. The number of halogens is 1. The minimum atomic E-state index is -3.56. The summed E-state index contributed by atoms with van der Waals surface area (Å²) in [6.45, 7) is 3.85. The minimum Gasteiger partial charge on any atom is -0.336 e. The number of sulfonamides is 1. The van der Waals surface area contributed by atoms with Crippen LogP contribution in [0.1, 0.15) is 6.92 Å². The van der Waals surface area contributed by atoms with Gasteiger partial charge in [0.1, 0.15) is 4.21 Å². The zero-order valence-corrected chi connectivity index (χ0v) is 13.5. The monoisotopic (exact) mass is 339 g/mol. The van der Waals surface area contributed by atoms with Crippen molar-refractivity contribution in [2.24, 2.45) is 0 Å². The van der Waals surface area contributed by atoms with Crippen molar-refractivity contribution in [2.75, 3.05) is 26.2 Å². The minimum absolute atomic E-state index is 0. The van der Waals surface area contributed by atoms with Gasteiger partial charge in [-0.15, -0.1) is 23.7 Å². The van der Waals surface area contributed by atoms with Crippen molar-refractivity contribution in [3.05, 3.63) is 17.5 Å². The fourth-order valence-corrected chi connectivity index (χ4v) is 3.97. The van der Waals surface area contributed by atoms with E-state index in [4.69, 9.17) is 0 Å². The molecule has 0 bridgehead atoms. The Hall–Kier alpha value is -0.670. The quantitative estimate of drug-likeness (QED) is 0.825. The fourth-order valence-electron chi connectivity index (χ4n) is 1.96. The molecule has 0 aromatic carbocycles. The van der Waals surface area contributed by atoms with Crippen LogP contribution < -0.4 is 10.0 Å². The fraction of sp³-hybridized carbons (Fsp3) is 0.545. The number of rotatable bonds is 4. The lowest BCUT2D eigenvalue weighted by atomic mass is 10.2. The molecule has 0 radical (unpaired) electrons. The number of hydrogen-bond acceptors (Lipinski definition) is 5. The third-order valence-electron chi connectivity index (χ3n) is 2.99. The molecule has 1 aromatic rings. The number of piperazine rings is 1. The number of hydrogen-bond donors (Lipinski definition) is 2. The molecule has 6 nitrogen and oxygen atoms in total.